The number of benzene rings is 2. The Labute approximate surface area is 138 Å². The Morgan fingerprint density at radius 2 is 1.87 bits per heavy atom. The number of pyridine rings is 1. The second-order valence-electron chi connectivity index (χ2n) is 5.07. The van der Waals surface area contributed by atoms with E-state index in [9.17, 15) is 13.5 Å². The van der Waals surface area contributed by atoms with Crippen molar-refractivity contribution in [1.82, 2.24) is 4.98 Å². The third kappa shape index (κ3) is 2.95. The van der Waals surface area contributed by atoms with Crippen LogP contribution < -0.4 is 4.72 Å². The van der Waals surface area contributed by atoms with Crippen molar-refractivity contribution in [1.29, 1.82) is 0 Å². The van der Waals surface area contributed by atoms with Crippen molar-refractivity contribution >= 4 is 38.2 Å². The molecule has 0 aliphatic heterocycles. The van der Waals surface area contributed by atoms with E-state index in [0.29, 0.717) is 10.4 Å². The van der Waals surface area contributed by atoms with Crippen molar-refractivity contribution in [2.75, 3.05) is 4.72 Å². The summed E-state index contributed by atoms with van der Waals surface area (Å²) in [7, 11) is -3.83. The lowest BCUT2D eigenvalue weighted by Gasteiger charge is -2.12. The second kappa shape index (κ2) is 5.72. The topological polar surface area (TPSA) is 79.3 Å². The van der Waals surface area contributed by atoms with Crippen LogP contribution in [0.5, 0.6) is 5.75 Å². The molecule has 0 unspecified atom stereocenters. The molecule has 0 saturated carbocycles. The molecule has 0 amide bonds. The number of rotatable bonds is 3. The van der Waals surface area contributed by atoms with Crippen LogP contribution in [0.15, 0.2) is 53.6 Å². The van der Waals surface area contributed by atoms with E-state index in [1.54, 1.807) is 24.3 Å². The van der Waals surface area contributed by atoms with Crippen molar-refractivity contribution in [3.05, 3.63) is 59.2 Å². The first-order valence-electron chi connectivity index (χ1n) is 6.74. The molecule has 0 radical (unpaired) electrons. The molecular formula is C16H13ClN2O3S. The quantitative estimate of drug-likeness (QED) is 0.707. The Morgan fingerprint density at radius 1 is 1.17 bits per heavy atom. The number of hydrogen-bond acceptors (Lipinski definition) is 4. The summed E-state index contributed by atoms with van der Waals surface area (Å²) >= 11 is 6.14. The van der Waals surface area contributed by atoms with Gasteiger partial charge in [0.2, 0.25) is 0 Å². The molecule has 0 fully saturated rings. The van der Waals surface area contributed by atoms with Crippen molar-refractivity contribution in [3.8, 4) is 5.75 Å². The Bertz CT molecular complexity index is 986. The molecule has 5 nitrogen and oxygen atoms in total. The molecule has 2 N–H and O–H groups in total. The molecule has 0 bridgehead atoms. The number of hydrogen-bond donors (Lipinski definition) is 2. The number of fused-ring (bicyclic) bond motifs is 1. The third-order valence-corrected chi connectivity index (χ3v) is 5.09. The van der Waals surface area contributed by atoms with Gasteiger partial charge in [-0.3, -0.25) is 9.71 Å². The van der Waals surface area contributed by atoms with Gasteiger partial charge in [0.15, 0.2) is 5.75 Å². The van der Waals surface area contributed by atoms with Crippen LogP contribution in [0.3, 0.4) is 0 Å². The van der Waals surface area contributed by atoms with Crippen molar-refractivity contribution in [3.63, 3.8) is 0 Å². The van der Waals surface area contributed by atoms with Gasteiger partial charge in [-0.2, -0.15) is 0 Å². The number of halogens is 1. The van der Waals surface area contributed by atoms with Gasteiger partial charge in [0, 0.05) is 11.6 Å². The molecule has 1 heterocycles. The van der Waals surface area contributed by atoms with Crippen LogP contribution >= 0.6 is 11.6 Å². The van der Waals surface area contributed by atoms with Crippen LogP contribution in [-0.2, 0) is 10.0 Å². The summed E-state index contributed by atoms with van der Waals surface area (Å²) in [5.74, 6) is -0.263. The Kier molecular flexibility index (Phi) is 3.87. The zero-order chi connectivity index (χ0) is 16.6. The number of anilines is 1. The van der Waals surface area contributed by atoms with Gasteiger partial charge in [0.05, 0.1) is 15.6 Å². The van der Waals surface area contributed by atoms with Gasteiger partial charge >= 0.3 is 0 Å². The van der Waals surface area contributed by atoms with Gasteiger partial charge in [0.25, 0.3) is 10.0 Å². The SMILES string of the molecule is Cc1ccc(S(=O)(=O)Nc2cc(Cl)c3cccnc3c2O)cc1. The third-order valence-electron chi connectivity index (χ3n) is 3.39. The fourth-order valence-electron chi connectivity index (χ4n) is 2.19. The van der Waals surface area contributed by atoms with Crippen LogP contribution in [-0.4, -0.2) is 18.5 Å². The lowest BCUT2D eigenvalue weighted by Crippen LogP contribution is -2.13. The van der Waals surface area contributed by atoms with E-state index in [1.165, 1.54) is 24.4 Å². The van der Waals surface area contributed by atoms with Crippen molar-refractivity contribution < 1.29 is 13.5 Å². The summed E-state index contributed by atoms with van der Waals surface area (Å²) in [5.41, 5.74) is 1.17. The molecule has 3 aromatic rings. The van der Waals surface area contributed by atoms with Gasteiger partial charge < -0.3 is 5.11 Å². The molecule has 0 aliphatic rings. The zero-order valence-corrected chi connectivity index (χ0v) is 13.7. The Morgan fingerprint density at radius 3 is 2.57 bits per heavy atom. The van der Waals surface area contributed by atoms with Crippen LogP contribution in [0.25, 0.3) is 10.9 Å². The van der Waals surface area contributed by atoms with E-state index in [4.69, 9.17) is 11.6 Å². The Balaban J connectivity index is 2.08. The number of nitrogens with one attached hydrogen (secondary N) is 1. The van der Waals surface area contributed by atoms with Crippen LogP contribution in [0.2, 0.25) is 5.02 Å². The highest BCUT2D eigenvalue weighted by Gasteiger charge is 2.19. The highest BCUT2D eigenvalue weighted by molar-refractivity contribution is 7.92. The number of aryl methyl sites for hydroxylation is 1. The van der Waals surface area contributed by atoms with E-state index >= 15 is 0 Å². The van der Waals surface area contributed by atoms with Crippen molar-refractivity contribution in [2.24, 2.45) is 0 Å². The van der Waals surface area contributed by atoms with Gasteiger partial charge in [-0.15, -0.1) is 0 Å². The molecule has 7 heteroatoms. The molecule has 0 saturated heterocycles. The largest absolute Gasteiger partial charge is 0.504 e. The van der Waals surface area contributed by atoms with Gasteiger partial charge in [0.1, 0.15) is 5.52 Å². The zero-order valence-electron chi connectivity index (χ0n) is 12.1. The Hall–Kier alpha value is -2.31. The van der Waals surface area contributed by atoms with E-state index < -0.39 is 10.0 Å². The second-order valence-corrected chi connectivity index (χ2v) is 7.16. The summed E-state index contributed by atoms with van der Waals surface area (Å²) in [5, 5.41) is 11.1. The molecule has 0 aliphatic carbocycles. The van der Waals surface area contributed by atoms with Gasteiger partial charge in [-0.25, -0.2) is 8.42 Å². The monoisotopic (exact) mass is 348 g/mol. The average molecular weight is 349 g/mol. The normalized spacial score (nSPS) is 11.6. The average Bonchev–Trinajstić information content (AvgIpc) is 2.52. The van der Waals surface area contributed by atoms with Gasteiger partial charge in [-0.1, -0.05) is 29.3 Å². The lowest BCUT2D eigenvalue weighted by atomic mass is 10.2. The first kappa shape index (κ1) is 15.6. The molecular weight excluding hydrogens is 336 g/mol. The first-order chi connectivity index (χ1) is 10.9. The van der Waals surface area contributed by atoms with Crippen LogP contribution in [0.1, 0.15) is 5.56 Å². The van der Waals surface area contributed by atoms with Crippen molar-refractivity contribution in [2.45, 2.75) is 11.8 Å². The molecule has 0 spiro atoms. The van der Waals surface area contributed by atoms with Gasteiger partial charge in [-0.05, 0) is 37.3 Å². The number of aromatic hydroxyl groups is 1. The number of phenols is 1. The minimum Gasteiger partial charge on any atom is -0.504 e. The standard InChI is InChI=1S/C16H13ClN2O3S/c1-10-4-6-11(7-5-10)23(21,22)19-14-9-13(17)12-3-2-8-18-15(12)16(14)20/h2-9,19-20H,1H3. The fraction of sp³-hybridized carbons (Fsp3) is 0.0625. The number of phenolic OH excluding ortho intramolecular Hbond substituents is 1. The summed E-state index contributed by atoms with van der Waals surface area (Å²) in [6.07, 6.45) is 1.50. The van der Waals surface area contributed by atoms with E-state index in [2.05, 4.69) is 9.71 Å². The highest BCUT2D eigenvalue weighted by Crippen LogP contribution is 2.37. The maximum atomic E-state index is 12.4. The molecule has 2 aromatic carbocycles. The van der Waals surface area contributed by atoms with Crippen LogP contribution in [0.4, 0.5) is 5.69 Å². The molecule has 0 atom stereocenters. The summed E-state index contributed by atoms with van der Waals surface area (Å²) in [6, 6.07) is 11.1. The molecule has 23 heavy (non-hydrogen) atoms. The van der Waals surface area contributed by atoms with E-state index in [1.807, 2.05) is 6.92 Å². The number of aromatic nitrogens is 1. The summed E-state index contributed by atoms with van der Waals surface area (Å²) in [4.78, 5) is 4.14. The predicted octanol–water partition coefficient (Wildman–Crippen LogP) is 3.70. The maximum Gasteiger partial charge on any atom is 0.262 e. The molecule has 1 aromatic heterocycles. The van der Waals surface area contributed by atoms with Crippen LogP contribution in [0, 0.1) is 6.92 Å². The minimum absolute atomic E-state index is 0.0122. The first-order valence-corrected chi connectivity index (χ1v) is 8.60. The fourth-order valence-corrected chi connectivity index (χ4v) is 3.50. The van der Waals surface area contributed by atoms with E-state index in [-0.39, 0.29) is 21.8 Å². The lowest BCUT2D eigenvalue weighted by molar-refractivity contribution is 0.482. The molecule has 118 valence electrons. The predicted molar refractivity (Wildman–Crippen MR) is 90.4 cm³/mol. The molecule has 3 rings (SSSR count). The minimum atomic E-state index is -3.83. The maximum absolute atomic E-state index is 12.4. The number of nitrogens with zero attached hydrogens (tertiary/aromatic N) is 1. The highest BCUT2D eigenvalue weighted by atomic mass is 35.5. The summed E-state index contributed by atoms with van der Waals surface area (Å²) in [6.45, 7) is 1.87. The summed E-state index contributed by atoms with van der Waals surface area (Å²) < 4.78 is 27.2. The smallest absolute Gasteiger partial charge is 0.262 e. The number of sulfonamides is 1. The van der Waals surface area contributed by atoms with E-state index in [0.717, 1.165) is 5.56 Å².